The highest BCUT2D eigenvalue weighted by Crippen LogP contribution is 2.11. The molecule has 1 aromatic carbocycles. The summed E-state index contributed by atoms with van der Waals surface area (Å²) in [6, 6.07) is 12.4. The molecule has 0 bridgehead atoms. The third-order valence-electron chi connectivity index (χ3n) is 3.69. The lowest BCUT2D eigenvalue weighted by Crippen LogP contribution is -2.39. The lowest BCUT2D eigenvalue weighted by molar-refractivity contribution is 0.145. The Morgan fingerprint density at radius 1 is 1.32 bits per heavy atom. The van der Waals surface area contributed by atoms with Crippen LogP contribution in [0.2, 0.25) is 0 Å². The molecule has 136 valence electrons. The van der Waals surface area contributed by atoms with Crippen molar-refractivity contribution in [2.45, 2.75) is 39.8 Å². The third kappa shape index (κ3) is 6.97. The monoisotopic (exact) mass is 344 g/mol. The van der Waals surface area contributed by atoms with E-state index in [0.29, 0.717) is 6.54 Å². The van der Waals surface area contributed by atoms with Crippen molar-refractivity contribution in [3.05, 3.63) is 53.4 Å². The van der Waals surface area contributed by atoms with Gasteiger partial charge in [0.1, 0.15) is 11.5 Å². The predicted molar refractivity (Wildman–Crippen MR) is 99.5 cm³/mol. The van der Waals surface area contributed by atoms with Gasteiger partial charge in [-0.15, -0.1) is 0 Å². The molecule has 6 nitrogen and oxygen atoms in total. The Labute approximate surface area is 149 Å². The van der Waals surface area contributed by atoms with Gasteiger partial charge in [0, 0.05) is 25.8 Å². The van der Waals surface area contributed by atoms with Crippen LogP contribution in [0.25, 0.3) is 0 Å². The summed E-state index contributed by atoms with van der Waals surface area (Å²) in [6.45, 7) is 8.76. The van der Waals surface area contributed by atoms with Crippen molar-refractivity contribution in [1.29, 1.82) is 0 Å². The molecule has 1 aromatic heterocycles. The molecule has 0 spiro atoms. The minimum atomic E-state index is 0.151. The number of ether oxygens (including phenoxy) is 1. The van der Waals surface area contributed by atoms with Gasteiger partial charge in [-0.25, -0.2) is 4.99 Å². The number of aliphatic imine (C=N–C) groups is 1. The van der Waals surface area contributed by atoms with Crippen LogP contribution in [0, 0.1) is 6.92 Å². The smallest absolute Gasteiger partial charge is 0.192 e. The van der Waals surface area contributed by atoms with E-state index in [-0.39, 0.29) is 6.04 Å². The molecule has 0 aliphatic carbocycles. The molecule has 2 rings (SSSR count). The lowest BCUT2D eigenvalue weighted by atomic mass is 10.1. The molecule has 0 amide bonds. The number of aromatic nitrogens is 1. The van der Waals surface area contributed by atoms with E-state index in [4.69, 9.17) is 9.26 Å². The maximum absolute atomic E-state index is 5.38. The zero-order valence-corrected chi connectivity index (χ0v) is 15.3. The summed E-state index contributed by atoms with van der Waals surface area (Å²) in [5, 5.41) is 10.8. The molecule has 2 aromatic rings. The zero-order chi connectivity index (χ0) is 17.9. The second-order valence-electron chi connectivity index (χ2n) is 5.85. The fourth-order valence-corrected chi connectivity index (χ4v) is 2.36. The van der Waals surface area contributed by atoms with E-state index in [2.05, 4.69) is 39.8 Å². The van der Waals surface area contributed by atoms with Gasteiger partial charge in [-0.1, -0.05) is 35.5 Å². The number of benzene rings is 1. The Kier molecular flexibility index (Phi) is 7.98. The molecule has 0 radical (unpaired) electrons. The summed E-state index contributed by atoms with van der Waals surface area (Å²) >= 11 is 0. The second-order valence-corrected chi connectivity index (χ2v) is 5.85. The standard InChI is InChI=1S/C19H28N4O2/c1-4-24-12-8-11-20-19(21-14-18-13-15(2)25-23-18)22-16(3)17-9-6-5-7-10-17/h5-7,9-10,13,16H,4,8,11-12,14H2,1-3H3,(H2,20,21,22)/t16-/m1/s1. The average molecular weight is 344 g/mol. The zero-order valence-electron chi connectivity index (χ0n) is 15.3. The Hall–Kier alpha value is -2.34. The van der Waals surface area contributed by atoms with Crippen molar-refractivity contribution in [3.8, 4) is 0 Å². The topological polar surface area (TPSA) is 71.7 Å². The van der Waals surface area contributed by atoms with E-state index >= 15 is 0 Å². The first-order valence-corrected chi connectivity index (χ1v) is 8.78. The normalized spacial score (nSPS) is 12.8. The Morgan fingerprint density at radius 2 is 2.12 bits per heavy atom. The summed E-state index contributed by atoms with van der Waals surface area (Å²) in [5.41, 5.74) is 2.03. The van der Waals surface area contributed by atoms with Crippen LogP contribution < -0.4 is 10.6 Å². The number of hydrogen-bond donors (Lipinski definition) is 2. The van der Waals surface area contributed by atoms with Gasteiger partial charge < -0.3 is 19.9 Å². The summed E-state index contributed by atoms with van der Waals surface area (Å²) in [4.78, 5) is 4.62. The van der Waals surface area contributed by atoms with Crippen molar-refractivity contribution in [3.63, 3.8) is 0 Å². The maximum Gasteiger partial charge on any atom is 0.192 e. The highest BCUT2D eigenvalue weighted by Gasteiger charge is 2.08. The molecular weight excluding hydrogens is 316 g/mol. The fraction of sp³-hybridized carbons (Fsp3) is 0.474. The fourth-order valence-electron chi connectivity index (χ4n) is 2.36. The molecule has 6 heteroatoms. The second kappa shape index (κ2) is 10.5. The lowest BCUT2D eigenvalue weighted by Gasteiger charge is -2.18. The number of nitrogens with one attached hydrogen (secondary N) is 2. The molecule has 0 saturated carbocycles. The first-order chi connectivity index (χ1) is 12.2. The van der Waals surface area contributed by atoms with E-state index in [9.17, 15) is 0 Å². The van der Waals surface area contributed by atoms with Crippen molar-refractivity contribution in [2.75, 3.05) is 19.8 Å². The molecule has 1 atom stereocenters. The van der Waals surface area contributed by atoms with E-state index in [1.165, 1.54) is 5.56 Å². The van der Waals surface area contributed by atoms with Crippen molar-refractivity contribution >= 4 is 5.96 Å². The van der Waals surface area contributed by atoms with Gasteiger partial charge in [0.25, 0.3) is 0 Å². The van der Waals surface area contributed by atoms with Crippen LogP contribution >= 0.6 is 0 Å². The van der Waals surface area contributed by atoms with Gasteiger partial charge in [-0.2, -0.15) is 0 Å². The number of rotatable bonds is 9. The Morgan fingerprint density at radius 3 is 2.80 bits per heavy atom. The van der Waals surface area contributed by atoms with Crippen LogP contribution in [-0.4, -0.2) is 30.9 Å². The number of nitrogens with zero attached hydrogens (tertiary/aromatic N) is 2. The van der Waals surface area contributed by atoms with Crippen LogP contribution in [0.1, 0.15) is 43.3 Å². The minimum absolute atomic E-state index is 0.151. The van der Waals surface area contributed by atoms with E-state index < -0.39 is 0 Å². The molecule has 0 aliphatic heterocycles. The largest absolute Gasteiger partial charge is 0.382 e. The molecule has 1 heterocycles. The predicted octanol–water partition coefficient (Wildman–Crippen LogP) is 3.21. The Balaban J connectivity index is 1.95. The molecule has 25 heavy (non-hydrogen) atoms. The quantitative estimate of drug-likeness (QED) is 0.415. The van der Waals surface area contributed by atoms with E-state index in [1.54, 1.807) is 0 Å². The van der Waals surface area contributed by atoms with Crippen LogP contribution in [0.5, 0.6) is 0 Å². The van der Waals surface area contributed by atoms with Crippen LogP contribution in [0.4, 0.5) is 0 Å². The van der Waals surface area contributed by atoms with Gasteiger partial charge in [0.15, 0.2) is 5.96 Å². The SMILES string of the molecule is CCOCCCNC(=NCc1cc(C)on1)N[C@H](C)c1ccccc1. The number of aryl methyl sites for hydroxylation is 1. The summed E-state index contributed by atoms with van der Waals surface area (Å²) in [5.74, 6) is 1.55. The third-order valence-corrected chi connectivity index (χ3v) is 3.69. The molecule has 0 fully saturated rings. The van der Waals surface area contributed by atoms with Gasteiger partial charge in [0.05, 0.1) is 12.6 Å². The first kappa shape index (κ1) is 19.0. The molecular formula is C19H28N4O2. The highest BCUT2D eigenvalue weighted by atomic mass is 16.5. The Bertz CT molecular complexity index is 640. The van der Waals surface area contributed by atoms with E-state index in [1.807, 2.05) is 38.1 Å². The van der Waals surface area contributed by atoms with Gasteiger partial charge in [-0.3, -0.25) is 0 Å². The minimum Gasteiger partial charge on any atom is -0.382 e. The molecule has 0 saturated heterocycles. The van der Waals surface area contributed by atoms with Crippen LogP contribution in [0.15, 0.2) is 45.9 Å². The van der Waals surface area contributed by atoms with Crippen LogP contribution in [0.3, 0.4) is 0 Å². The highest BCUT2D eigenvalue weighted by molar-refractivity contribution is 5.80. The number of guanidine groups is 1. The van der Waals surface area contributed by atoms with Gasteiger partial charge in [0.2, 0.25) is 0 Å². The number of hydrogen-bond acceptors (Lipinski definition) is 4. The van der Waals surface area contributed by atoms with Crippen LogP contribution in [-0.2, 0) is 11.3 Å². The summed E-state index contributed by atoms with van der Waals surface area (Å²) in [6.07, 6.45) is 0.928. The van der Waals surface area contributed by atoms with Gasteiger partial charge >= 0.3 is 0 Å². The summed E-state index contributed by atoms with van der Waals surface area (Å²) < 4.78 is 10.5. The maximum atomic E-state index is 5.38. The van der Waals surface area contributed by atoms with Gasteiger partial charge in [-0.05, 0) is 32.8 Å². The average Bonchev–Trinajstić information content (AvgIpc) is 3.05. The van der Waals surface area contributed by atoms with Crippen molar-refractivity contribution in [2.24, 2.45) is 4.99 Å². The van der Waals surface area contributed by atoms with E-state index in [0.717, 1.165) is 43.6 Å². The molecule has 0 aliphatic rings. The first-order valence-electron chi connectivity index (χ1n) is 8.78. The molecule has 0 unspecified atom stereocenters. The summed E-state index contributed by atoms with van der Waals surface area (Å²) in [7, 11) is 0. The molecule has 2 N–H and O–H groups in total. The van der Waals surface area contributed by atoms with Crippen molar-refractivity contribution in [1.82, 2.24) is 15.8 Å². The van der Waals surface area contributed by atoms with Crippen molar-refractivity contribution < 1.29 is 9.26 Å².